The molecule has 1 aromatic heterocycles. The standard InChI is InChI=1S/C19H30N2O2/c1-3-10-21-11-8-15(9-12-21)20-19(22)7-5-16-4-6-18(23-16)17-13-14(17)2/h4,6,14-15,17H,3,5,7-13H2,1-2H3,(H,20,22)/t14-,17+/m0/s1. The molecule has 1 aromatic rings. The molecule has 0 bridgehead atoms. The maximum Gasteiger partial charge on any atom is 0.220 e. The largest absolute Gasteiger partial charge is 0.466 e. The third-order valence-electron chi connectivity index (χ3n) is 5.25. The van der Waals surface area contributed by atoms with E-state index in [4.69, 9.17) is 4.42 Å². The number of piperidine rings is 1. The van der Waals surface area contributed by atoms with Crippen LogP contribution in [0.25, 0.3) is 0 Å². The zero-order valence-electron chi connectivity index (χ0n) is 14.5. The Hall–Kier alpha value is -1.29. The molecule has 2 aliphatic rings. The number of nitrogens with zero attached hydrogens (tertiary/aromatic N) is 1. The summed E-state index contributed by atoms with van der Waals surface area (Å²) in [5.74, 6) is 3.60. The minimum atomic E-state index is 0.164. The molecule has 2 heterocycles. The van der Waals surface area contributed by atoms with Crippen molar-refractivity contribution in [1.82, 2.24) is 10.2 Å². The van der Waals surface area contributed by atoms with E-state index in [2.05, 4.69) is 30.1 Å². The van der Waals surface area contributed by atoms with Crippen LogP contribution in [-0.2, 0) is 11.2 Å². The van der Waals surface area contributed by atoms with E-state index in [0.717, 1.165) is 43.4 Å². The number of carbonyl (C=O) groups is 1. The lowest BCUT2D eigenvalue weighted by molar-refractivity contribution is -0.122. The summed E-state index contributed by atoms with van der Waals surface area (Å²) in [6.07, 6.45) is 5.85. The highest BCUT2D eigenvalue weighted by molar-refractivity contribution is 5.76. The van der Waals surface area contributed by atoms with Gasteiger partial charge in [-0.2, -0.15) is 0 Å². The highest BCUT2D eigenvalue weighted by Crippen LogP contribution is 2.47. The van der Waals surface area contributed by atoms with Gasteiger partial charge in [-0.25, -0.2) is 0 Å². The van der Waals surface area contributed by atoms with Gasteiger partial charge in [-0.3, -0.25) is 4.79 Å². The van der Waals surface area contributed by atoms with Crippen LogP contribution >= 0.6 is 0 Å². The Balaban J connectivity index is 1.36. The molecule has 1 saturated carbocycles. The summed E-state index contributed by atoms with van der Waals surface area (Å²) in [6, 6.07) is 4.48. The van der Waals surface area contributed by atoms with Gasteiger partial charge in [0.1, 0.15) is 11.5 Å². The molecular weight excluding hydrogens is 288 g/mol. The molecule has 4 heteroatoms. The van der Waals surface area contributed by atoms with Crippen LogP contribution in [0.5, 0.6) is 0 Å². The first kappa shape index (κ1) is 16.6. The van der Waals surface area contributed by atoms with Crippen LogP contribution in [-0.4, -0.2) is 36.5 Å². The third-order valence-corrected chi connectivity index (χ3v) is 5.25. The van der Waals surface area contributed by atoms with Crippen LogP contribution in [0.3, 0.4) is 0 Å². The van der Waals surface area contributed by atoms with Crippen molar-refractivity contribution >= 4 is 5.91 Å². The van der Waals surface area contributed by atoms with Gasteiger partial charge in [-0.1, -0.05) is 13.8 Å². The van der Waals surface area contributed by atoms with Gasteiger partial charge in [0.15, 0.2) is 0 Å². The topological polar surface area (TPSA) is 45.5 Å². The second-order valence-corrected chi connectivity index (χ2v) is 7.31. The number of hydrogen-bond donors (Lipinski definition) is 1. The lowest BCUT2D eigenvalue weighted by Crippen LogP contribution is -2.44. The first-order valence-electron chi connectivity index (χ1n) is 9.26. The summed E-state index contributed by atoms with van der Waals surface area (Å²) in [5.41, 5.74) is 0. The SMILES string of the molecule is CCCN1CCC(NC(=O)CCc2ccc([C@@H]3C[C@@H]3C)o2)CC1. The molecule has 0 aromatic carbocycles. The number of aryl methyl sites for hydroxylation is 1. The van der Waals surface area contributed by atoms with Crippen molar-refractivity contribution in [2.24, 2.45) is 5.92 Å². The molecule has 23 heavy (non-hydrogen) atoms. The van der Waals surface area contributed by atoms with E-state index >= 15 is 0 Å². The van der Waals surface area contributed by atoms with Gasteiger partial charge in [0.2, 0.25) is 5.91 Å². The predicted octanol–water partition coefficient (Wildman–Crippen LogP) is 3.33. The average Bonchev–Trinajstić information content (AvgIpc) is 3.09. The van der Waals surface area contributed by atoms with Crippen molar-refractivity contribution in [3.8, 4) is 0 Å². The molecule has 1 saturated heterocycles. The highest BCUT2D eigenvalue weighted by atomic mass is 16.3. The van der Waals surface area contributed by atoms with Crippen LogP contribution in [0.2, 0.25) is 0 Å². The van der Waals surface area contributed by atoms with Crippen molar-refractivity contribution in [3.05, 3.63) is 23.7 Å². The summed E-state index contributed by atoms with van der Waals surface area (Å²) in [5, 5.41) is 3.19. The minimum Gasteiger partial charge on any atom is -0.466 e. The number of furan rings is 1. The summed E-state index contributed by atoms with van der Waals surface area (Å²) in [4.78, 5) is 14.6. The lowest BCUT2D eigenvalue weighted by Gasteiger charge is -2.32. The average molecular weight is 318 g/mol. The van der Waals surface area contributed by atoms with Crippen molar-refractivity contribution < 1.29 is 9.21 Å². The molecule has 4 nitrogen and oxygen atoms in total. The number of hydrogen-bond acceptors (Lipinski definition) is 3. The molecule has 0 spiro atoms. The number of carbonyl (C=O) groups excluding carboxylic acids is 1. The molecule has 1 N–H and O–H groups in total. The second kappa shape index (κ2) is 7.52. The summed E-state index contributed by atoms with van der Waals surface area (Å²) in [6.45, 7) is 7.88. The van der Waals surface area contributed by atoms with E-state index in [1.807, 2.05) is 6.07 Å². The maximum atomic E-state index is 12.1. The fraction of sp³-hybridized carbons (Fsp3) is 0.737. The van der Waals surface area contributed by atoms with Crippen LogP contribution in [0.15, 0.2) is 16.5 Å². The van der Waals surface area contributed by atoms with Gasteiger partial charge in [-0.05, 0) is 50.3 Å². The summed E-state index contributed by atoms with van der Waals surface area (Å²) < 4.78 is 5.87. The molecule has 2 atom stereocenters. The van der Waals surface area contributed by atoms with Gasteiger partial charge in [0, 0.05) is 37.9 Å². The number of nitrogens with one attached hydrogen (secondary N) is 1. The van der Waals surface area contributed by atoms with Gasteiger partial charge in [-0.15, -0.1) is 0 Å². The van der Waals surface area contributed by atoms with Crippen LogP contribution in [0.4, 0.5) is 0 Å². The Labute approximate surface area is 139 Å². The van der Waals surface area contributed by atoms with E-state index < -0.39 is 0 Å². The van der Waals surface area contributed by atoms with Crippen LogP contribution in [0, 0.1) is 5.92 Å². The summed E-state index contributed by atoms with van der Waals surface area (Å²) >= 11 is 0. The van der Waals surface area contributed by atoms with Gasteiger partial charge in [0.05, 0.1) is 0 Å². The Morgan fingerprint density at radius 3 is 2.74 bits per heavy atom. The number of likely N-dealkylation sites (tertiary alicyclic amines) is 1. The molecular formula is C19H30N2O2. The van der Waals surface area contributed by atoms with Gasteiger partial charge in [0.25, 0.3) is 0 Å². The molecule has 3 rings (SSSR count). The molecule has 1 aliphatic heterocycles. The van der Waals surface area contributed by atoms with Gasteiger partial charge < -0.3 is 14.6 Å². The Bertz CT molecular complexity index is 517. The molecule has 1 amide bonds. The Kier molecular flexibility index (Phi) is 5.42. The second-order valence-electron chi connectivity index (χ2n) is 7.31. The molecule has 0 radical (unpaired) electrons. The molecule has 1 aliphatic carbocycles. The van der Waals surface area contributed by atoms with E-state index in [0.29, 0.717) is 24.8 Å². The molecule has 128 valence electrons. The van der Waals surface area contributed by atoms with Crippen molar-refractivity contribution in [2.45, 2.75) is 64.3 Å². The van der Waals surface area contributed by atoms with E-state index in [1.165, 1.54) is 19.4 Å². The zero-order chi connectivity index (χ0) is 16.2. The van der Waals surface area contributed by atoms with Crippen LogP contribution in [0.1, 0.15) is 63.4 Å². The lowest BCUT2D eigenvalue weighted by atomic mass is 10.0. The predicted molar refractivity (Wildman–Crippen MR) is 91.4 cm³/mol. The third kappa shape index (κ3) is 4.60. The number of rotatable bonds is 7. The zero-order valence-corrected chi connectivity index (χ0v) is 14.5. The van der Waals surface area contributed by atoms with Gasteiger partial charge >= 0.3 is 0 Å². The quantitative estimate of drug-likeness (QED) is 0.839. The fourth-order valence-electron chi connectivity index (χ4n) is 3.60. The highest BCUT2D eigenvalue weighted by Gasteiger charge is 2.36. The van der Waals surface area contributed by atoms with E-state index in [9.17, 15) is 4.79 Å². The van der Waals surface area contributed by atoms with Crippen molar-refractivity contribution in [3.63, 3.8) is 0 Å². The smallest absolute Gasteiger partial charge is 0.220 e. The first-order valence-corrected chi connectivity index (χ1v) is 9.26. The maximum absolute atomic E-state index is 12.1. The number of amides is 1. The fourth-order valence-corrected chi connectivity index (χ4v) is 3.60. The van der Waals surface area contributed by atoms with E-state index in [1.54, 1.807) is 0 Å². The van der Waals surface area contributed by atoms with Crippen LogP contribution < -0.4 is 5.32 Å². The first-order chi connectivity index (χ1) is 11.2. The minimum absolute atomic E-state index is 0.164. The monoisotopic (exact) mass is 318 g/mol. The molecule has 2 fully saturated rings. The Morgan fingerprint density at radius 1 is 1.35 bits per heavy atom. The Morgan fingerprint density at radius 2 is 2.09 bits per heavy atom. The molecule has 0 unspecified atom stereocenters. The normalized spacial score (nSPS) is 25.5. The summed E-state index contributed by atoms with van der Waals surface area (Å²) in [7, 11) is 0. The van der Waals surface area contributed by atoms with Crippen molar-refractivity contribution in [2.75, 3.05) is 19.6 Å². The van der Waals surface area contributed by atoms with E-state index in [-0.39, 0.29) is 5.91 Å². The van der Waals surface area contributed by atoms with Crippen molar-refractivity contribution in [1.29, 1.82) is 0 Å².